The second-order valence-electron chi connectivity index (χ2n) is 21.0. The zero-order valence-corrected chi connectivity index (χ0v) is 44.4. The molecule has 0 radical (unpaired) electrons. The highest BCUT2D eigenvalue weighted by molar-refractivity contribution is 5.75. The maximum absolute atomic E-state index is 13.0. The number of nitrogens with one attached hydrogen (secondary N) is 1. The second-order valence-corrected chi connectivity index (χ2v) is 21.0. The van der Waals surface area contributed by atoms with Gasteiger partial charge in [-0.1, -0.05) is 201 Å². The summed E-state index contributed by atoms with van der Waals surface area (Å²) in [6.45, 7) is 16.3. The van der Waals surface area contributed by atoms with Gasteiger partial charge in [0.05, 0.1) is 6.61 Å². The molecule has 2 N–H and O–H groups in total. The standard InChI is InChI=1S/C58H115N3O4/c1-5-9-13-17-21-27-38-54(39-28-22-18-14-10-6-2)52-59-57(63)44-31-25-34-48-61(56-42-37-43-56)50-49-60(47-35-36-51-62)46-33-26-32-45-58(64)65-53-55(40-29-23-19-15-11-7-3)41-30-24-20-16-12-8-4/h54-56,62H,5-53H2,1-4H3,(H,59,63). The van der Waals surface area contributed by atoms with Gasteiger partial charge in [-0.05, 0) is 109 Å². The maximum Gasteiger partial charge on any atom is 0.305 e. The van der Waals surface area contributed by atoms with Gasteiger partial charge in [0.15, 0.2) is 0 Å². The predicted octanol–water partition coefficient (Wildman–Crippen LogP) is 15.9. The topological polar surface area (TPSA) is 82.1 Å². The van der Waals surface area contributed by atoms with Crippen molar-refractivity contribution in [3.8, 4) is 0 Å². The molecule has 7 nitrogen and oxygen atoms in total. The number of unbranched alkanes of at least 4 members (excludes halogenated alkanes) is 25. The van der Waals surface area contributed by atoms with Crippen LogP contribution in [0, 0.1) is 11.8 Å². The minimum absolute atomic E-state index is 0.00343. The fraction of sp³-hybridized carbons (Fsp3) is 0.966. The van der Waals surface area contributed by atoms with Gasteiger partial charge in [-0.25, -0.2) is 0 Å². The van der Waals surface area contributed by atoms with E-state index in [1.807, 2.05) is 0 Å². The fourth-order valence-electron chi connectivity index (χ4n) is 9.98. The number of carbonyl (C=O) groups is 2. The van der Waals surface area contributed by atoms with E-state index < -0.39 is 0 Å². The molecule has 1 fully saturated rings. The van der Waals surface area contributed by atoms with Crippen molar-refractivity contribution in [2.24, 2.45) is 11.8 Å². The van der Waals surface area contributed by atoms with Crippen molar-refractivity contribution >= 4 is 11.9 Å². The molecule has 1 amide bonds. The van der Waals surface area contributed by atoms with Crippen LogP contribution in [-0.2, 0) is 14.3 Å². The first kappa shape index (κ1) is 61.8. The van der Waals surface area contributed by atoms with Crippen molar-refractivity contribution in [2.45, 2.75) is 297 Å². The van der Waals surface area contributed by atoms with Crippen molar-refractivity contribution < 1.29 is 19.4 Å². The zero-order valence-electron chi connectivity index (χ0n) is 44.4. The summed E-state index contributed by atoms with van der Waals surface area (Å²) in [5.41, 5.74) is 0. The van der Waals surface area contributed by atoms with E-state index in [0.717, 1.165) is 90.3 Å². The Morgan fingerprint density at radius 1 is 0.492 bits per heavy atom. The van der Waals surface area contributed by atoms with Crippen LogP contribution in [0.25, 0.3) is 0 Å². The molecule has 0 bridgehead atoms. The summed E-state index contributed by atoms with van der Waals surface area (Å²) in [5.74, 6) is 1.43. The SMILES string of the molecule is CCCCCCCCC(CCCCCCCC)CNC(=O)CCCCCN(CCN(CCCCO)CCCCCC(=O)OCC(CCCCCCCC)CCCCCCCC)C1CCC1. The predicted molar refractivity (Wildman–Crippen MR) is 282 cm³/mol. The van der Waals surface area contributed by atoms with Crippen LogP contribution in [0.15, 0.2) is 0 Å². The van der Waals surface area contributed by atoms with E-state index in [9.17, 15) is 14.7 Å². The van der Waals surface area contributed by atoms with Crippen LogP contribution in [0.3, 0.4) is 0 Å². The third kappa shape index (κ3) is 39.4. The molecule has 0 atom stereocenters. The molecule has 386 valence electrons. The van der Waals surface area contributed by atoms with Crippen LogP contribution < -0.4 is 5.32 Å². The highest BCUT2D eigenvalue weighted by Gasteiger charge is 2.25. The highest BCUT2D eigenvalue weighted by Crippen LogP contribution is 2.26. The van der Waals surface area contributed by atoms with E-state index in [1.54, 1.807) is 0 Å². The number of carbonyl (C=O) groups excluding carboxylic acids is 2. The Kier molecular flexibility index (Phi) is 45.5. The third-order valence-corrected chi connectivity index (χ3v) is 14.8. The number of hydrogen-bond acceptors (Lipinski definition) is 6. The molecule has 0 heterocycles. The van der Waals surface area contributed by atoms with E-state index in [4.69, 9.17) is 4.74 Å². The summed E-state index contributed by atoms with van der Waals surface area (Å²) in [6, 6.07) is 0.718. The highest BCUT2D eigenvalue weighted by atomic mass is 16.5. The largest absolute Gasteiger partial charge is 0.465 e. The molecular formula is C58H115N3O4. The van der Waals surface area contributed by atoms with E-state index in [0.29, 0.717) is 31.3 Å². The summed E-state index contributed by atoms with van der Waals surface area (Å²) in [5, 5.41) is 12.9. The van der Waals surface area contributed by atoms with Gasteiger partial charge in [0.1, 0.15) is 0 Å². The average molecular weight is 919 g/mol. The van der Waals surface area contributed by atoms with Crippen molar-refractivity contribution in [1.82, 2.24) is 15.1 Å². The van der Waals surface area contributed by atoms with Gasteiger partial charge in [-0.3, -0.25) is 14.5 Å². The molecular weight excluding hydrogens is 803 g/mol. The molecule has 65 heavy (non-hydrogen) atoms. The molecule has 0 spiro atoms. The molecule has 1 rings (SSSR count). The van der Waals surface area contributed by atoms with Crippen LogP contribution in [0.4, 0.5) is 0 Å². The number of rotatable bonds is 52. The smallest absolute Gasteiger partial charge is 0.305 e. The number of nitrogens with zero attached hydrogens (tertiary/aromatic N) is 2. The summed E-state index contributed by atoms with van der Waals surface area (Å²) >= 11 is 0. The lowest BCUT2D eigenvalue weighted by molar-refractivity contribution is -0.145. The van der Waals surface area contributed by atoms with Gasteiger partial charge in [0, 0.05) is 45.1 Å². The van der Waals surface area contributed by atoms with Gasteiger partial charge in [0.2, 0.25) is 5.91 Å². The molecule has 0 unspecified atom stereocenters. The lowest BCUT2D eigenvalue weighted by Gasteiger charge is -2.39. The summed E-state index contributed by atoms with van der Waals surface area (Å²) in [4.78, 5) is 31.2. The van der Waals surface area contributed by atoms with Crippen LogP contribution in [0.1, 0.15) is 291 Å². The number of aliphatic hydroxyl groups excluding tert-OH is 1. The Morgan fingerprint density at radius 2 is 0.923 bits per heavy atom. The second kappa shape index (κ2) is 47.9. The van der Waals surface area contributed by atoms with Gasteiger partial charge in [-0.15, -0.1) is 0 Å². The molecule has 0 aliphatic heterocycles. The number of ether oxygens (including phenoxy) is 1. The number of hydrogen-bond donors (Lipinski definition) is 2. The van der Waals surface area contributed by atoms with Gasteiger partial charge >= 0.3 is 5.97 Å². The Labute approximate surface area is 406 Å². The molecule has 0 saturated heterocycles. The molecule has 1 aliphatic rings. The fourth-order valence-corrected chi connectivity index (χ4v) is 9.98. The van der Waals surface area contributed by atoms with Crippen molar-refractivity contribution in [2.75, 3.05) is 52.5 Å². The molecule has 1 aliphatic carbocycles. The summed E-state index contributed by atoms with van der Waals surface area (Å²) in [6.07, 6.45) is 50.4. The lowest BCUT2D eigenvalue weighted by atomic mass is 9.91. The first-order valence-electron chi connectivity index (χ1n) is 29.5. The van der Waals surface area contributed by atoms with Gasteiger partial charge in [-0.2, -0.15) is 0 Å². The van der Waals surface area contributed by atoms with E-state index in [1.165, 1.54) is 205 Å². The van der Waals surface area contributed by atoms with Gasteiger partial charge in [0.25, 0.3) is 0 Å². The summed E-state index contributed by atoms with van der Waals surface area (Å²) < 4.78 is 5.92. The first-order chi connectivity index (χ1) is 32.0. The molecule has 0 aromatic heterocycles. The lowest BCUT2D eigenvalue weighted by Crippen LogP contribution is -2.45. The Morgan fingerprint density at radius 3 is 1.40 bits per heavy atom. The normalized spacial score (nSPS) is 13.2. The Balaban J connectivity index is 2.44. The molecule has 0 aromatic rings. The zero-order chi connectivity index (χ0) is 47.1. The van der Waals surface area contributed by atoms with E-state index >= 15 is 0 Å². The van der Waals surface area contributed by atoms with Crippen LogP contribution in [0.2, 0.25) is 0 Å². The first-order valence-corrected chi connectivity index (χ1v) is 29.5. The Hall–Kier alpha value is -1.18. The van der Waals surface area contributed by atoms with Crippen molar-refractivity contribution in [3.05, 3.63) is 0 Å². The minimum atomic E-state index is 0.00343. The number of aliphatic hydroxyl groups is 1. The molecule has 7 heteroatoms. The van der Waals surface area contributed by atoms with Gasteiger partial charge < -0.3 is 20.1 Å². The minimum Gasteiger partial charge on any atom is -0.465 e. The van der Waals surface area contributed by atoms with Crippen LogP contribution in [-0.4, -0.2) is 85.3 Å². The monoisotopic (exact) mass is 918 g/mol. The quantitative estimate of drug-likeness (QED) is 0.0467. The third-order valence-electron chi connectivity index (χ3n) is 14.8. The maximum atomic E-state index is 13.0. The van der Waals surface area contributed by atoms with E-state index in [-0.39, 0.29) is 18.5 Å². The van der Waals surface area contributed by atoms with Crippen LogP contribution in [0.5, 0.6) is 0 Å². The van der Waals surface area contributed by atoms with E-state index in [2.05, 4.69) is 42.8 Å². The number of esters is 1. The Bertz CT molecular complexity index is 975. The van der Waals surface area contributed by atoms with Crippen molar-refractivity contribution in [1.29, 1.82) is 0 Å². The molecule has 1 saturated carbocycles. The summed E-state index contributed by atoms with van der Waals surface area (Å²) in [7, 11) is 0. The average Bonchev–Trinajstić information content (AvgIpc) is 3.29. The molecule has 0 aromatic carbocycles. The van der Waals surface area contributed by atoms with Crippen LogP contribution >= 0.6 is 0 Å². The van der Waals surface area contributed by atoms with Crippen molar-refractivity contribution in [3.63, 3.8) is 0 Å². The number of amides is 1.